The largest absolute Gasteiger partial charge is 0.372 e. The number of hydrogen-bond acceptors (Lipinski definition) is 5. The van der Waals surface area contributed by atoms with E-state index in [0.29, 0.717) is 6.42 Å². The first-order chi connectivity index (χ1) is 13.2. The fraction of sp³-hybridized carbons (Fsp3) is 0.286. The number of carbonyl (C=O) groups excluding carboxylic acids is 1. The van der Waals surface area contributed by atoms with Crippen LogP contribution in [-0.2, 0) is 11.2 Å². The number of nitrogens with zero attached hydrogens (tertiary/aromatic N) is 3. The molecule has 1 N–H and O–H groups in total. The molecule has 3 aromatic rings. The zero-order valence-electron chi connectivity index (χ0n) is 15.3. The average molecular weight is 379 g/mol. The van der Waals surface area contributed by atoms with E-state index in [1.54, 1.807) is 6.20 Å². The predicted octanol–water partition coefficient (Wildman–Crippen LogP) is 4.29. The Bertz CT molecular complexity index is 915. The SMILES string of the molecule is Cc1nc(-c2ccccn2)sc1CC(=O)Nc1ccc(N2CCCC2)cc1. The van der Waals surface area contributed by atoms with Crippen molar-refractivity contribution in [3.05, 3.63) is 59.2 Å². The number of anilines is 2. The molecule has 0 saturated carbocycles. The maximum absolute atomic E-state index is 12.5. The molecule has 0 aliphatic carbocycles. The number of aryl methyl sites for hydroxylation is 1. The van der Waals surface area contributed by atoms with Gasteiger partial charge in [-0.15, -0.1) is 11.3 Å². The number of pyridine rings is 1. The summed E-state index contributed by atoms with van der Waals surface area (Å²) in [6.07, 6.45) is 4.59. The maximum atomic E-state index is 12.5. The molecule has 3 heterocycles. The third-order valence-corrected chi connectivity index (χ3v) is 5.90. The van der Waals surface area contributed by atoms with Crippen LogP contribution in [0, 0.1) is 6.92 Å². The minimum absolute atomic E-state index is 0.0248. The lowest BCUT2D eigenvalue weighted by atomic mass is 10.2. The van der Waals surface area contributed by atoms with Crippen molar-refractivity contribution < 1.29 is 4.79 Å². The van der Waals surface area contributed by atoms with Crippen LogP contribution in [0.3, 0.4) is 0 Å². The van der Waals surface area contributed by atoms with E-state index in [9.17, 15) is 4.79 Å². The molecule has 0 bridgehead atoms. The minimum atomic E-state index is -0.0248. The molecule has 27 heavy (non-hydrogen) atoms. The Morgan fingerprint density at radius 1 is 1.15 bits per heavy atom. The Labute approximate surface area is 163 Å². The van der Waals surface area contributed by atoms with Gasteiger partial charge in [-0.3, -0.25) is 9.78 Å². The summed E-state index contributed by atoms with van der Waals surface area (Å²) in [5.41, 5.74) is 3.79. The van der Waals surface area contributed by atoms with Crippen LogP contribution in [0.1, 0.15) is 23.4 Å². The first kappa shape index (κ1) is 17.7. The smallest absolute Gasteiger partial charge is 0.229 e. The van der Waals surface area contributed by atoms with Gasteiger partial charge in [0.25, 0.3) is 0 Å². The molecule has 4 rings (SSSR count). The van der Waals surface area contributed by atoms with E-state index in [1.165, 1.54) is 29.9 Å². The fourth-order valence-electron chi connectivity index (χ4n) is 3.27. The third-order valence-electron chi connectivity index (χ3n) is 4.72. The van der Waals surface area contributed by atoms with Crippen LogP contribution >= 0.6 is 11.3 Å². The second-order valence-electron chi connectivity index (χ2n) is 6.71. The summed E-state index contributed by atoms with van der Waals surface area (Å²) in [6, 6.07) is 13.9. The Morgan fingerprint density at radius 2 is 1.93 bits per heavy atom. The molecule has 1 aliphatic rings. The number of hydrogen-bond donors (Lipinski definition) is 1. The van der Waals surface area contributed by atoms with Crippen molar-refractivity contribution in [2.45, 2.75) is 26.2 Å². The van der Waals surface area contributed by atoms with Gasteiger partial charge >= 0.3 is 0 Å². The highest BCUT2D eigenvalue weighted by Gasteiger charge is 2.15. The molecule has 1 amide bonds. The van der Waals surface area contributed by atoms with Gasteiger partial charge in [-0.25, -0.2) is 4.98 Å². The Kier molecular flexibility index (Phi) is 5.16. The van der Waals surface area contributed by atoms with Gasteiger partial charge < -0.3 is 10.2 Å². The van der Waals surface area contributed by atoms with Crippen molar-refractivity contribution >= 4 is 28.6 Å². The first-order valence-corrected chi connectivity index (χ1v) is 10.0. The first-order valence-electron chi connectivity index (χ1n) is 9.21. The van der Waals surface area contributed by atoms with Gasteiger partial charge in [-0.1, -0.05) is 6.07 Å². The molecule has 6 heteroatoms. The zero-order valence-corrected chi connectivity index (χ0v) is 16.1. The Balaban J connectivity index is 1.40. The van der Waals surface area contributed by atoms with Crippen LogP contribution in [-0.4, -0.2) is 29.0 Å². The second-order valence-corrected chi connectivity index (χ2v) is 7.79. The van der Waals surface area contributed by atoms with E-state index in [1.807, 2.05) is 37.3 Å². The van der Waals surface area contributed by atoms with Crippen LogP contribution < -0.4 is 10.2 Å². The second kappa shape index (κ2) is 7.88. The van der Waals surface area contributed by atoms with E-state index < -0.39 is 0 Å². The van der Waals surface area contributed by atoms with Crippen LogP contribution in [0.2, 0.25) is 0 Å². The van der Waals surface area contributed by atoms with Crippen LogP contribution in [0.15, 0.2) is 48.7 Å². The molecule has 2 aromatic heterocycles. The van der Waals surface area contributed by atoms with Crippen molar-refractivity contribution in [3.63, 3.8) is 0 Å². The summed E-state index contributed by atoms with van der Waals surface area (Å²) in [5.74, 6) is -0.0248. The number of amides is 1. The minimum Gasteiger partial charge on any atom is -0.372 e. The van der Waals surface area contributed by atoms with Gasteiger partial charge in [0.1, 0.15) is 5.01 Å². The Hall–Kier alpha value is -2.73. The van der Waals surface area contributed by atoms with Gasteiger partial charge in [0.05, 0.1) is 17.8 Å². The summed E-state index contributed by atoms with van der Waals surface area (Å²) in [4.78, 5) is 24.7. The lowest BCUT2D eigenvalue weighted by Crippen LogP contribution is -2.18. The summed E-state index contributed by atoms with van der Waals surface area (Å²) in [7, 11) is 0. The highest BCUT2D eigenvalue weighted by molar-refractivity contribution is 7.15. The van der Waals surface area contributed by atoms with Gasteiger partial charge in [0.15, 0.2) is 0 Å². The van der Waals surface area contributed by atoms with E-state index in [0.717, 1.165) is 40.0 Å². The molecule has 1 saturated heterocycles. The molecule has 1 fully saturated rings. The molecule has 0 atom stereocenters. The fourth-order valence-corrected chi connectivity index (χ4v) is 4.31. The topological polar surface area (TPSA) is 58.1 Å². The molecule has 138 valence electrons. The molecule has 5 nitrogen and oxygen atoms in total. The van der Waals surface area contributed by atoms with Crippen LogP contribution in [0.5, 0.6) is 0 Å². The number of aromatic nitrogens is 2. The van der Waals surface area contributed by atoms with Crippen molar-refractivity contribution in [1.82, 2.24) is 9.97 Å². The van der Waals surface area contributed by atoms with E-state index in [4.69, 9.17) is 0 Å². The molecular formula is C21H22N4OS. The van der Waals surface area contributed by atoms with Gasteiger partial charge in [0, 0.05) is 35.5 Å². The van der Waals surface area contributed by atoms with Gasteiger partial charge in [-0.2, -0.15) is 0 Å². The predicted molar refractivity (Wildman–Crippen MR) is 110 cm³/mol. The monoisotopic (exact) mass is 378 g/mol. The third kappa shape index (κ3) is 4.17. The maximum Gasteiger partial charge on any atom is 0.229 e. The number of carbonyl (C=O) groups is 1. The number of thiazole rings is 1. The van der Waals surface area contributed by atoms with Crippen molar-refractivity contribution in [2.75, 3.05) is 23.3 Å². The van der Waals surface area contributed by atoms with Gasteiger partial charge in [0.2, 0.25) is 5.91 Å². The molecule has 1 aromatic carbocycles. The number of benzene rings is 1. The quantitative estimate of drug-likeness (QED) is 0.719. The van der Waals surface area contributed by atoms with Crippen molar-refractivity contribution in [2.24, 2.45) is 0 Å². The zero-order chi connectivity index (χ0) is 18.6. The molecule has 1 aliphatic heterocycles. The summed E-state index contributed by atoms with van der Waals surface area (Å²) >= 11 is 1.53. The van der Waals surface area contributed by atoms with E-state index in [-0.39, 0.29) is 5.91 Å². The highest BCUT2D eigenvalue weighted by Crippen LogP contribution is 2.27. The lowest BCUT2D eigenvalue weighted by Gasteiger charge is -2.17. The molecule has 0 unspecified atom stereocenters. The van der Waals surface area contributed by atoms with Crippen LogP contribution in [0.25, 0.3) is 10.7 Å². The molecule has 0 spiro atoms. The lowest BCUT2D eigenvalue weighted by molar-refractivity contribution is -0.115. The summed E-state index contributed by atoms with van der Waals surface area (Å²) in [5, 5.41) is 3.84. The van der Waals surface area contributed by atoms with Crippen LogP contribution in [0.4, 0.5) is 11.4 Å². The average Bonchev–Trinajstić information content (AvgIpc) is 3.34. The molecular weight excluding hydrogens is 356 g/mol. The van der Waals surface area contributed by atoms with Crippen molar-refractivity contribution in [3.8, 4) is 10.7 Å². The highest BCUT2D eigenvalue weighted by atomic mass is 32.1. The number of rotatable bonds is 5. The normalized spacial score (nSPS) is 13.7. The summed E-state index contributed by atoms with van der Waals surface area (Å²) < 4.78 is 0. The van der Waals surface area contributed by atoms with E-state index >= 15 is 0 Å². The van der Waals surface area contributed by atoms with E-state index in [2.05, 4.69) is 32.3 Å². The number of nitrogens with one attached hydrogen (secondary N) is 1. The van der Waals surface area contributed by atoms with Crippen molar-refractivity contribution in [1.29, 1.82) is 0 Å². The summed E-state index contributed by atoms with van der Waals surface area (Å²) in [6.45, 7) is 4.18. The Morgan fingerprint density at radius 3 is 2.63 bits per heavy atom. The standard InChI is InChI=1S/C21H22N4OS/c1-15-19(27-21(23-15)18-6-2-3-11-22-18)14-20(26)24-16-7-9-17(10-8-16)25-12-4-5-13-25/h2-3,6-11H,4-5,12-14H2,1H3,(H,24,26). The van der Waals surface area contributed by atoms with Gasteiger partial charge in [-0.05, 0) is 56.2 Å². The molecule has 0 radical (unpaired) electrons.